The maximum absolute atomic E-state index is 12.8. The number of carbonyl (C=O) groups excluding carboxylic acids is 2. The van der Waals surface area contributed by atoms with Gasteiger partial charge in [0.15, 0.2) is 11.7 Å². The highest BCUT2D eigenvalue weighted by Crippen LogP contribution is 2.21. The molecule has 3 N–H and O–H groups in total. The minimum absolute atomic E-state index is 0.0975. The summed E-state index contributed by atoms with van der Waals surface area (Å²) < 4.78 is 18.3. The van der Waals surface area contributed by atoms with Crippen LogP contribution in [0, 0.1) is 19.7 Å². The second kappa shape index (κ2) is 8.91. The molecule has 0 bridgehead atoms. The van der Waals surface area contributed by atoms with E-state index in [1.807, 2.05) is 32.0 Å². The molecule has 0 aromatic heterocycles. The maximum atomic E-state index is 12.8. The van der Waals surface area contributed by atoms with Gasteiger partial charge in [-0.05, 0) is 61.5 Å². The van der Waals surface area contributed by atoms with Crippen LogP contribution in [0.3, 0.4) is 0 Å². The molecule has 0 atom stereocenters. The van der Waals surface area contributed by atoms with Gasteiger partial charge in [0, 0.05) is 5.56 Å². The zero-order valence-corrected chi connectivity index (χ0v) is 15.1. The van der Waals surface area contributed by atoms with Crippen molar-refractivity contribution in [1.29, 1.82) is 0 Å². The van der Waals surface area contributed by atoms with Gasteiger partial charge >= 0.3 is 0 Å². The summed E-state index contributed by atoms with van der Waals surface area (Å²) in [7, 11) is 0. The maximum Gasteiger partial charge on any atom is 0.276 e. The van der Waals surface area contributed by atoms with Crippen LogP contribution in [-0.4, -0.2) is 23.5 Å². The highest BCUT2D eigenvalue weighted by atomic mass is 32.1. The Bertz CT molecular complexity index is 805. The van der Waals surface area contributed by atoms with Crippen LogP contribution in [0.25, 0.3) is 0 Å². The largest absolute Gasteiger partial charge is 0.483 e. The number of ether oxygens (including phenoxy) is 1. The number of thiocarbonyl (C=S) groups is 1. The molecule has 0 saturated carbocycles. The monoisotopic (exact) mass is 375 g/mol. The quantitative estimate of drug-likeness (QED) is 0.564. The summed E-state index contributed by atoms with van der Waals surface area (Å²) in [6.07, 6.45) is 0. The van der Waals surface area contributed by atoms with E-state index >= 15 is 0 Å². The van der Waals surface area contributed by atoms with E-state index in [2.05, 4.69) is 16.2 Å². The zero-order chi connectivity index (χ0) is 19.1. The predicted molar refractivity (Wildman–Crippen MR) is 99.2 cm³/mol. The highest BCUT2D eigenvalue weighted by molar-refractivity contribution is 7.80. The minimum Gasteiger partial charge on any atom is -0.483 e. The first-order valence-electron chi connectivity index (χ1n) is 7.71. The third-order valence-electron chi connectivity index (χ3n) is 3.41. The van der Waals surface area contributed by atoms with Crippen LogP contribution in [0.4, 0.5) is 4.39 Å². The number of aryl methyl sites for hydroxylation is 2. The van der Waals surface area contributed by atoms with E-state index in [0.717, 1.165) is 23.3 Å². The van der Waals surface area contributed by atoms with Gasteiger partial charge in [0.25, 0.3) is 11.8 Å². The van der Waals surface area contributed by atoms with Crippen LogP contribution in [-0.2, 0) is 4.79 Å². The second-order valence-corrected chi connectivity index (χ2v) is 5.88. The average Bonchev–Trinajstić information content (AvgIpc) is 2.60. The van der Waals surface area contributed by atoms with Gasteiger partial charge in [-0.3, -0.25) is 25.8 Å². The summed E-state index contributed by atoms with van der Waals surface area (Å²) in [5.74, 6) is -0.789. The van der Waals surface area contributed by atoms with Gasteiger partial charge in [0.2, 0.25) is 0 Å². The molecule has 0 radical (unpaired) electrons. The van der Waals surface area contributed by atoms with E-state index in [1.54, 1.807) is 0 Å². The fourth-order valence-corrected chi connectivity index (χ4v) is 2.28. The van der Waals surface area contributed by atoms with E-state index in [1.165, 1.54) is 12.1 Å². The normalized spacial score (nSPS) is 9.96. The van der Waals surface area contributed by atoms with Gasteiger partial charge in [-0.2, -0.15) is 0 Å². The number of amides is 2. The summed E-state index contributed by atoms with van der Waals surface area (Å²) in [5.41, 5.74) is 6.82. The molecule has 26 heavy (non-hydrogen) atoms. The second-order valence-electron chi connectivity index (χ2n) is 5.47. The third kappa shape index (κ3) is 5.52. The molecule has 2 rings (SSSR count). The van der Waals surface area contributed by atoms with Crippen molar-refractivity contribution >= 4 is 29.1 Å². The molecule has 2 amide bonds. The molecule has 0 aliphatic carbocycles. The smallest absolute Gasteiger partial charge is 0.276 e. The molecule has 0 aliphatic heterocycles. The van der Waals surface area contributed by atoms with Crippen molar-refractivity contribution in [3.8, 4) is 5.75 Å². The number of carbonyl (C=O) groups is 2. The Hall–Kier alpha value is -3.00. The SMILES string of the molecule is Cc1cccc(C)c1OCC(=O)NNC(=S)NC(=O)c1ccc(F)cc1. The van der Waals surface area contributed by atoms with Gasteiger partial charge in [-0.25, -0.2) is 4.39 Å². The van der Waals surface area contributed by atoms with Crippen LogP contribution in [0.5, 0.6) is 5.75 Å². The summed E-state index contributed by atoms with van der Waals surface area (Å²) in [5, 5.41) is 2.27. The fourth-order valence-electron chi connectivity index (χ4n) is 2.13. The van der Waals surface area contributed by atoms with Gasteiger partial charge in [-0.15, -0.1) is 0 Å². The van der Waals surface area contributed by atoms with Crippen LogP contribution in [0.2, 0.25) is 0 Å². The highest BCUT2D eigenvalue weighted by Gasteiger charge is 2.10. The van der Waals surface area contributed by atoms with Gasteiger partial charge in [-0.1, -0.05) is 18.2 Å². The first kappa shape index (κ1) is 19.3. The lowest BCUT2D eigenvalue weighted by Crippen LogP contribution is -2.49. The van der Waals surface area contributed by atoms with Crippen LogP contribution >= 0.6 is 12.2 Å². The van der Waals surface area contributed by atoms with Crippen molar-refractivity contribution in [2.45, 2.75) is 13.8 Å². The number of halogens is 1. The number of hydrogen-bond donors (Lipinski definition) is 3. The van der Waals surface area contributed by atoms with Crippen molar-refractivity contribution < 1.29 is 18.7 Å². The average molecular weight is 375 g/mol. The molecular formula is C18H18FN3O3S. The van der Waals surface area contributed by atoms with Crippen molar-refractivity contribution in [2.75, 3.05) is 6.61 Å². The van der Waals surface area contributed by atoms with Crippen LogP contribution in [0.15, 0.2) is 42.5 Å². The molecule has 2 aromatic rings. The molecule has 0 unspecified atom stereocenters. The Morgan fingerprint density at radius 3 is 2.27 bits per heavy atom. The topological polar surface area (TPSA) is 79.5 Å². The van der Waals surface area contributed by atoms with Crippen molar-refractivity contribution in [1.82, 2.24) is 16.2 Å². The Morgan fingerprint density at radius 1 is 1.04 bits per heavy atom. The van der Waals surface area contributed by atoms with Crippen molar-refractivity contribution in [3.05, 3.63) is 65.0 Å². The molecule has 0 heterocycles. The summed E-state index contributed by atoms with van der Waals surface area (Å²) in [6.45, 7) is 3.56. The fraction of sp³-hybridized carbons (Fsp3) is 0.167. The lowest BCUT2D eigenvalue weighted by atomic mass is 10.1. The van der Waals surface area contributed by atoms with Gasteiger partial charge in [0.1, 0.15) is 11.6 Å². The molecule has 0 fully saturated rings. The molecule has 2 aromatic carbocycles. The van der Waals surface area contributed by atoms with E-state index in [-0.39, 0.29) is 17.3 Å². The van der Waals surface area contributed by atoms with E-state index < -0.39 is 17.6 Å². The molecule has 0 saturated heterocycles. The molecule has 136 valence electrons. The lowest BCUT2D eigenvalue weighted by Gasteiger charge is -2.13. The summed E-state index contributed by atoms with van der Waals surface area (Å²) in [6, 6.07) is 10.7. The molecule has 6 nitrogen and oxygen atoms in total. The predicted octanol–water partition coefficient (Wildman–Crippen LogP) is 2.16. The first-order valence-corrected chi connectivity index (χ1v) is 8.12. The number of benzene rings is 2. The Balaban J connectivity index is 1.77. The van der Waals surface area contributed by atoms with E-state index in [0.29, 0.717) is 5.75 Å². The number of hydrazine groups is 1. The van der Waals surface area contributed by atoms with Gasteiger partial charge < -0.3 is 4.74 Å². The number of para-hydroxylation sites is 1. The van der Waals surface area contributed by atoms with Gasteiger partial charge in [0.05, 0.1) is 0 Å². The molecular weight excluding hydrogens is 357 g/mol. The van der Waals surface area contributed by atoms with Crippen molar-refractivity contribution in [3.63, 3.8) is 0 Å². The first-order chi connectivity index (χ1) is 12.4. The van der Waals surface area contributed by atoms with Crippen molar-refractivity contribution in [2.24, 2.45) is 0 Å². The molecule has 8 heteroatoms. The Morgan fingerprint density at radius 2 is 1.65 bits per heavy atom. The summed E-state index contributed by atoms with van der Waals surface area (Å²) >= 11 is 4.92. The third-order valence-corrected chi connectivity index (χ3v) is 3.61. The molecule has 0 spiro atoms. The zero-order valence-electron chi connectivity index (χ0n) is 14.3. The Labute approximate surface area is 155 Å². The summed E-state index contributed by atoms with van der Waals surface area (Å²) in [4.78, 5) is 23.7. The van der Waals surface area contributed by atoms with Crippen LogP contribution < -0.4 is 20.9 Å². The lowest BCUT2D eigenvalue weighted by molar-refractivity contribution is -0.123. The standard InChI is InChI=1S/C18H18FN3O3S/c1-11-4-3-5-12(2)16(11)25-10-15(23)21-22-18(26)20-17(24)13-6-8-14(19)9-7-13/h3-9H,10H2,1-2H3,(H,21,23)(H2,20,22,24,26). The molecule has 0 aliphatic rings. The van der Waals surface area contributed by atoms with E-state index in [9.17, 15) is 14.0 Å². The Kier molecular flexibility index (Phi) is 6.62. The number of hydrogen-bond acceptors (Lipinski definition) is 4. The van der Waals surface area contributed by atoms with E-state index in [4.69, 9.17) is 17.0 Å². The number of rotatable bonds is 4. The van der Waals surface area contributed by atoms with Crippen LogP contribution in [0.1, 0.15) is 21.5 Å². The minimum atomic E-state index is -0.525. The number of nitrogens with one attached hydrogen (secondary N) is 3.